The van der Waals surface area contributed by atoms with E-state index in [-0.39, 0.29) is 0 Å². The predicted molar refractivity (Wildman–Crippen MR) is 80.0 cm³/mol. The van der Waals surface area contributed by atoms with Gasteiger partial charge in [0.2, 0.25) is 0 Å². The standard InChI is InChI=1S/C14H23ClN4/c1-9(2)14-16-12(15)6-13(17-14)19-7-10(3)11(8-19)18(4)5/h6,9-11H,7-8H2,1-5H3. The van der Waals surface area contributed by atoms with Crippen molar-refractivity contribution in [1.82, 2.24) is 14.9 Å². The lowest BCUT2D eigenvalue weighted by Gasteiger charge is -2.23. The Morgan fingerprint density at radius 3 is 2.53 bits per heavy atom. The third-order valence-electron chi connectivity index (χ3n) is 3.78. The molecule has 106 valence electrons. The summed E-state index contributed by atoms with van der Waals surface area (Å²) in [6.07, 6.45) is 0. The summed E-state index contributed by atoms with van der Waals surface area (Å²) in [5.74, 6) is 2.71. The van der Waals surface area contributed by atoms with E-state index in [4.69, 9.17) is 11.6 Å². The van der Waals surface area contributed by atoms with E-state index in [1.54, 1.807) is 0 Å². The maximum atomic E-state index is 6.12. The first-order valence-corrected chi connectivity index (χ1v) is 7.22. The van der Waals surface area contributed by atoms with Gasteiger partial charge in [-0.15, -0.1) is 0 Å². The van der Waals surface area contributed by atoms with Crippen LogP contribution in [0.15, 0.2) is 6.07 Å². The average molecular weight is 283 g/mol. The summed E-state index contributed by atoms with van der Waals surface area (Å²) in [5.41, 5.74) is 0. The highest BCUT2D eigenvalue weighted by atomic mass is 35.5. The van der Waals surface area contributed by atoms with E-state index in [0.717, 1.165) is 24.7 Å². The molecule has 0 spiro atoms. The number of halogens is 1. The number of hydrogen-bond acceptors (Lipinski definition) is 4. The van der Waals surface area contributed by atoms with Crippen LogP contribution in [0, 0.1) is 5.92 Å². The van der Waals surface area contributed by atoms with Gasteiger partial charge in [0.05, 0.1) is 0 Å². The molecule has 0 aromatic carbocycles. The van der Waals surface area contributed by atoms with Crippen LogP contribution in [0.3, 0.4) is 0 Å². The Labute approximate surface area is 120 Å². The molecule has 0 N–H and O–H groups in total. The van der Waals surface area contributed by atoms with Crippen LogP contribution in [0.1, 0.15) is 32.5 Å². The minimum absolute atomic E-state index is 0.294. The molecule has 1 aliphatic rings. The fraction of sp³-hybridized carbons (Fsp3) is 0.714. The van der Waals surface area contributed by atoms with E-state index >= 15 is 0 Å². The number of anilines is 1. The van der Waals surface area contributed by atoms with E-state index < -0.39 is 0 Å². The van der Waals surface area contributed by atoms with Gasteiger partial charge in [0.1, 0.15) is 16.8 Å². The number of likely N-dealkylation sites (N-methyl/N-ethyl adjacent to an activating group) is 1. The van der Waals surface area contributed by atoms with E-state index in [1.165, 1.54) is 0 Å². The molecule has 19 heavy (non-hydrogen) atoms. The van der Waals surface area contributed by atoms with E-state index in [1.807, 2.05) is 6.07 Å². The Morgan fingerprint density at radius 1 is 1.32 bits per heavy atom. The smallest absolute Gasteiger partial charge is 0.135 e. The Balaban J connectivity index is 2.23. The van der Waals surface area contributed by atoms with Crippen molar-refractivity contribution in [1.29, 1.82) is 0 Å². The summed E-state index contributed by atoms with van der Waals surface area (Å²) in [6.45, 7) is 8.49. The molecule has 1 saturated heterocycles. The summed E-state index contributed by atoms with van der Waals surface area (Å²) in [5, 5.41) is 0.537. The fourth-order valence-electron chi connectivity index (χ4n) is 2.65. The van der Waals surface area contributed by atoms with Crippen LogP contribution >= 0.6 is 11.6 Å². The first-order chi connectivity index (χ1) is 8.88. The van der Waals surface area contributed by atoms with Gasteiger partial charge in [-0.1, -0.05) is 32.4 Å². The summed E-state index contributed by atoms with van der Waals surface area (Å²) in [4.78, 5) is 13.6. The van der Waals surface area contributed by atoms with Gasteiger partial charge < -0.3 is 9.80 Å². The van der Waals surface area contributed by atoms with Gasteiger partial charge in [0.15, 0.2) is 0 Å². The highest BCUT2D eigenvalue weighted by Gasteiger charge is 2.32. The van der Waals surface area contributed by atoms with E-state index in [9.17, 15) is 0 Å². The van der Waals surface area contributed by atoms with Gasteiger partial charge in [-0.2, -0.15) is 0 Å². The first kappa shape index (κ1) is 14.5. The molecular formula is C14H23ClN4. The summed E-state index contributed by atoms with van der Waals surface area (Å²) in [7, 11) is 4.27. The van der Waals surface area contributed by atoms with Gasteiger partial charge in [-0.05, 0) is 20.0 Å². The topological polar surface area (TPSA) is 32.3 Å². The van der Waals surface area contributed by atoms with Crippen LogP contribution in [0.25, 0.3) is 0 Å². The van der Waals surface area contributed by atoms with Crippen LogP contribution in [-0.4, -0.2) is 48.1 Å². The first-order valence-electron chi connectivity index (χ1n) is 6.84. The van der Waals surface area contributed by atoms with Crippen molar-refractivity contribution in [3.05, 3.63) is 17.0 Å². The maximum absolute atomic E-state index is 6.12. The highest BCUT2D eigenvalue weighted by Crippen LogP contribution is 2.27. The van der Waals surface area contributed by atoms with Crippen molar-refractivity contribution in [3.8, 4) is 0 Å². The third kappa shape index (κ3) is 3.18. The Bertz CT molecular complexity index is 447. The lowest BCUT2D eigenvalue weighted by molar-refractivity contribution is 0.266. The Hall–Kier alpha value is -0.870. The predicted octanol–water partition coefficient (Wildman–Crippen LogP) is 2.64. The molecule has 5 heteroatoms. The van der Waals surface area contributed by atoms with Gasteiger partial charge in [-0.25, -0.2) is 9.97 Å². The molecule has 1 aliphatic heterocycles. The van der Waals surface area contributed by atoms with Crippen LogP contribution in [0.4, 0.5) is 5.82 Å². The van der Waals surface area contributed by atoms with Crippen molar-refractivity contribution in [2.45, 2.75) is 32.7 Å². The van der Waals surface area contributed by atoms with Crippen LogP contribution < -0.4 is 4.90 Å². The van der Waals surface area contributed by atoms with Crippen molar-refractivity contribution in [2.75, 3.05) is 32.1 Å². The van der Waals surface area contributed by atoms with Crippen LogP contribution in [0.5, 0.6) is 0 Å². The van der Waals surface area contributed by atoms with Gasteiger partial charge in [0.25, 0.3) is 0 Å². The Kier molecular flexibility index (Phi) is 4.31. The molecule has 1 fully saturated rings. The van der Waals surface area contributed by atoms with Crippen LogP contribution in [0.2, 0.25) is 5.15 Å². The molecule has 0 radical (unpaired) electrons. The fourth-order valence-corrected chi connectivity index (χ4v) is 2.84. The largest absolute Gasteiger partial charge is 0.355 e. The van der Waals surface area contributed by atoms with Crippen molar-refractivity contribution in [2.24, 2.45) is 5.92 Å². The molecule has 2 heterocycles. The second kappa shape index (κ2) is 5.63. The maximum Gasteiger partial charge on any atom is 0.135 e. The third-order valence-corrected chi connectivity index (χ3v) is 3.97. The average Bonchev–Trinajstić information content (AvgIpc) is 2.70. The monoisotopic (exact) mass is 282 g/mol. The minimum Gasteiger partial charge on any atom is -0.355 e. The summed E-state index contributed by atoms with van der Waals surface area (Å²) >= 11 is 6.12. The molecule has 1 aromatic rings. The normalized spacial score (nSPS) is 23.7. The lowest BCUT2D eigenvalue weighted by Crippen LogP contribution is -2.34. The van der Waals surface area contributed by atoms with Gasteiger partial charge in [0, 0.05) is 31.1 Å². The zero-order valence-corrected chi connectivity index (χ0v) is 13.1. The molecule has 0 saturated carbocycles. The SMILES string of the molecule is CC(C)c1nc(Cl)cc(N2CC(C)C(N(C)C)C2)n1. The second-order valence-corrected chi connectivity index (χ2v) is 6.36. The molecule has 0 bridgehead atoms. The zero-order chi connectivity index (χ0) is 14.2. The van der Waals surface area contributed by atoms with E-state index in [2.05, 4.69) is 54.6 Å². The zero-order valence-electron chi connectivity index (χ0n) is 12.4. The van der Waals surface area contributed by atoms with Gasteiger partial charge >= 0.3 is 0 Å². The molecule has 4 nitrogen and oxygen atoms in total. The van der Waals surface area contributed by atoms with Crippen molar-refractivity contribution < 1.29 is 0 Å². The minimum atomic E-state index is 0.294. The number of nitrogens with zero attached hydrogens (tertiary/aromatic N) is 4. The second-order valence-electron chi connectivity index (χ2n) is 5.97. The molecule has 2 rings (SSSR count). The quantitative estimate of drug-likeness (QED) is 0.798. The number of hydrogen-bond donors (Lipinski definition) is 0. The molecule has 2 unspecified atom stereocenters. The molecule has 1 aromatic heterocycles. The van der Waals surface area contributed by atoms with Crippen molar-refractivity contribution >= 4 is 17.4 Å². The number of aromatic nitrogens is 2. The molecular weight excluding hydrogens is 260 g/mol. The molecule has 0 amide bonds. The molecule has 0 aliphatic carbocycles. The summed E-state index contributed by atoms with van der Waals surface area (Å²) in [6, 6.07) is 2.44. The molecule has 2 atom stereocenters. The number of rotatable bonds is 3. The lowest BCUT2D eigenvalue weighted by atomic mass is 10.1. The highest BCUT2D eigenvalue weighted by molar-refractivity contribution is 6.29. The van der Waals surface area contributed by atoms with Crippen LogP contribution in [-0.2, 0) is 0 Å². The van der Waals surface area contributed by atoms with E-state index in [0.29, 0.717) is 23.0 Å². The summed E-state index contributed by atoms with van der Waals surface area (Å²) < 4.78 is 0. The van der Waals surface area contributed by atoms with Crippen molar-refractivity contribution in [3.63, 3.8) is 0 Å². The van der Waals surface area contributed by atoms with Gasteiger partial charge in [-0.3, -0.25) is 0 Å². The Morgan fingerprint density at radius 2 is 2.00 bits per heavy atom.